The molecule has 3 heterocycles. The van der Waals surface area contributed by atoms with Crippen LogP contribution < -0.4 is 24.7 Å². The summed E-state index contributed by atoms with van der Waals surface area (Å²) < 4.78 is 22.2. The predicted molar refractivity (Wildman–Crippen MR) is 97.3 cm³/mol. The van der Waals surface area contributed by atoms with Crippen molar-refractivity contribution < 1.29 is 23.7 Å². The third-order valence-electron chi connectivity index (χ3n) is 4.84. The second-order valence-corrected chi connectivity index (χ2v) is 6.29. The van der Waals surface area contributed by atoms with Gasteiger partial charge in [-0.3, -0.25) is 4.79 Å². The maximum atomic E-state index is 12.1. The van der Waals surface area contributed by atoms with E-state index in [4.69, 9.17) is 24.7 Å². The second-order valence-electron chi connectivity index (χ2n) is 6.29. The van der Waals surface area contributed by atoms with Gasteiger partial charge in [-0.05, 0) is 41.8 Å². The molecule has 0 aliphatic carbocycles. The Labute approximate surface area is 154 Å². The molecule has 27 heavy (non-hydrogen) atoms. The molecule has 0 atom stereocenters. The number of fused-ring (bicyclic) bond motifs is 4. The molecule has 1 amide bonds. The van der Waals surface area contributed by atoms with E-state index in [1.165, 1.54) is 0 Å². The van der Waals surface area contributed by atoms with Crippen molar-refractivity contribution in [3.05, 3.63) is 41.6 Å². The van der Waals surface area contributed by atoms with Crippen molar-refractivity contribution in [1.29, 1.82) is 0 Å². The molecule has 136 valence electrons. The molecule has 2 N–H and O–H groups in total. The number of benzene rings is 2. The number of rotatable bonds is 3. The van der Waals surface area contributed by atoms with Crippen LogP contribution in [-0.2, 0) is 6.42 Å². The van der Waals surface area contributed by atoms with Gasteiger partial charge in [0.25, 0.3) is 5.91 Å². The van der Waals surface area contributed by atoms with Crippen molar-refractivity contribution in [2.24, 2.45) is 5.73 Å². The molecule has 0 unspecified atom stereocenters. The smallest absolute Gasteiger partial charge is 0.267 e. The maximum absolute atomic E-state index is 12.1. The zero-order valence-corrected chi connectivity index (χ0v) is 14.6. The normalized spacial score (nSPS) is 14.0. The molecular formula is C20H16N2O5. The van der Waals surface area contributed by atoms with Gasteiger partial charge in [0.05, 0.1) is 10.9 Å². The molecule has 0 radical (unpaired) electrons. The maximum Gasteiger partial charge on any atom is 0.267 e. The molecule has 2 aromatic carbocycles. The van der Waals surface area contributed by atoms with Crippen LogP contribution in [0.3, 0.4) is 0 Å². The van der Waals surface area contributed by atoms with Gasteiger partial charge in [-0.1, -0.05) is 13.0 Å². The van der Waals surface area contributed by atoms with Crippen molar-refractivity contribution in [2.45, 2.75) is 13.3 Å². The highest BCUT2D eigenvalue weighted by Crippen LogP contribution is 2.46. The average molecular weight is 364 g/mol. The number of hydrogen-bond donors (Lipinski definition) is 1. The summed E-state index contributed by atoms with van der Waals surface area (Å²) in [4.78, 5) is 16.6. The predicted octanol–water partition coefficient (Wildman–Crippen LogP) is 3.02. The van der Waals surface area contributed by atoms with E-state index in [1.54, 1.807) is 6.07 Å². The van der Waals surface area contributed by atoms with E-state index in [-0.39, 0.29) is 19.3 Å². The summed E-state index contributed by atoms with van der Waals surface area (Å²) in [7, 11) is 0. The van der Waals surface area contributed by atoms with E-state index in [9.17, 15) is 4.79 Å². The number of aromatic nitrogens is 1. The van der Waals surface area contributed by atoms with E-state index >= 15 is 0 Å². The molecule has 7 nitrogen and oxygen atoms in total. The van der Waals surface area contributed by atoms with Gasteiger partial charge < -0.3 is 24.7 Å². The molecule has 0 fully saturated rings. The van der Waals surface area contributed by atoms with Gasteiger partial charge in [0.15, 0.2) is 23.0 Å². The first-order valence-corrected chi connectivity index (χ1v) is 8.62. The molecule has 0 saturated carbocycles. The quantitative estimate of drug-likeness (QED) is 0.768. The Kier molecular flexibility index (Phi) is 3.36. The van der Waals surface area contributed by atoms with Gasteiger partial charge >= 0.3 is 0 Å². The molecule has 0 spiro atoms. The Morgan fingerprint density at radius 1 is 1.04 bits per heavy atom. The minimum atomic E-state index is -0.562. The minimum Gasteiger partial charge on any atom is -0.454 e. The molecular weight excluding hydrogens is 348 g/mol. The van der Waals surface area contributed by atoms with E-state index in [2.05, 4.69) is 4.98 Å². The first-order valence-electron chi connectivity index (χ1n) is 8.62. The lowest BCUT2D eigenvalue weighted by molar-refractivity contribution is 0.0995. The van der Waals surface area contributed by atoms with Crippen molar-refractivity contribution >= 4 is 16.8 Å². The summed E-state index contributed by atoms with van der Waals surface area (Å²) in [6.07, 6.45) is 0.579. The lowest BCUT2D eigenvalue weighted by Crippen LogP contribution is -2.17. The molecule has 5 rings (SSSR count). The summed E-state index contributed by atoms with van der Waals surface area (Å²) >= 11 is 0. The number of hydrogen-bond acceptors (Lipinski definition) is 6. The van der Waals surface area contributed by atoms with Crippen LogP contribution in [0.15, 0.2) is 30.3 Å². The van der Waals surface area contributed by atoms with Crippen molar-refractivity contribution in [1.82, 2.24) is 4.98 Å². The highest BCUT2D eigenvalue weighted by Gasteiger charge is 2.26. The standard InChI is InChI=1S/C20H16N2O5/c1-2-11-16(10-3-5-13-15(7-10)26-8-24-13)17-12(22-18(11)20(21)23)4-6-14-19(17)27-9-25-14/h3-7H,2,8-9H2,1H3,(H2,21,23). The fraction of sp³-hybridized carbons (Fsp3) is 0.200. The van der Waals surface area contributed by atoms with Gasteiger partial charge in [-0.2, -0.15) is 0 Å². The summed E-state index contributed by atoms with van der Waals surface area (Å²) in [6.45, 7) is 2.30. The monoisotopic (exact) mass is 364 g/mol. The summed E-state index contributed by atoms with van der Waals surface area (Å²) in [5.74, 6) is 2.06. The topological polar surface area (TPSA) is 92.9 Å². The van der Waals surface area contributed by atoms with Gasteiger partial charge in [0.2, 0.25) is 13.6 Å². The molecule has 2 aliphatic heterocycles. The van der Waals surface area contributed by atoms with Crippen LogP contribution in [0.25, 0.3) is 22.0 Å². The third-order valence-corrected chi connectivity index (χ3v) is 4.84. The zero-order chi connectivity index (χ0) is 18.5. The van der Waals surface area contributed by atoms with Crippen molar-refractivity contribution in [3.63, 3.8) is 0 Å². The number of nitrogens with zero attached hydrogens (tertiary/aromatic N) is 1. The fourth-order valence-electron chi connectivity index (χ4n) is 3.67. The lowest BCUT2D eigenvalue weighted by atomic mass is 9.91. The second kappa shape index (κ2) is 5.77. The van der Waals surface area contributed by atoms with Gasteiger partial charge in [-0.25, -0.2) is 4.98 Å². The average Bonchev–Trinajstić information content (AvgIpc) is 3.34. The molecule has 1 aromatic heterocycles. The number of nitrogens with two attached hydrogens (primary N) is 1. The van der Waals surface area contributed by atoms with E-state index in [0.29, 0.717) is 34.9 Å². The van der Waals surface area contributed by atoms with Crippen LogP contribution in [0.1, 0.15) is 23.0 Å². The number of primary amides is 1. The molecule has 0 saturated heterocycles. The Morgan fingerprint density at radius 2 is 1.78 bits per heavy atom. The van der Waals surface area contributed by atoms with E-state index < -0.39 is 5.91 Å². The summed E-state index contributed by atoms with van der Waals surface area (Å²) in [5.41, 5.74) is 8.99. The van der Waals surface area contributed by atoms with Gasteiger partial charge in [-0.15, -0.1) is 0 Å². The Morgan fingerprint density at radius 3 is 2.59 bits per heavy atom. The van der Waals surface area contributed by atoms with Crippen LogP contribution in [0, 0.1) is 0 Å². The van der Waals surface area contributed by atoms with E-state index in [1.807, 2.05) is 31.2 Å². The Hall–Kier alpha value is -3.48. The lowest BCUT2D eigenvalue weighted by Gasteiger charge is -2.16. The molecule has 2 aliphatic rings. The van der Waals surface area contributed by atoms with Gasteiger partial charge in [0, 0.05) is 5.56 Å². The molecule has 3 aromatic rings. The largest absolute Gasteiger partial charge is 0.454 e. The summed E-state index contributed by atoms with van der Waals surface area (Å²) in [5, 5.41) is 0.797. The highest BCUT2D eigenvalue weighted by atomic mass is 16.7. The van der Waals surface area contributed by atoms with E-state index in [0.717, 1.165) is 22.1 Å². The Bertz CT molecular complexity index is 1110. The van der Waals surface area contributed by atoms with Crippen LogP contribution >= 0.6 is 0 Å². The highest BCUT2D eigenvalue weighted by molar-refractivity contribution is 6.07. The molecule has 0 bridgehead atoms. The number of pyridine rings is 1. The minimum absolute atomic E-state index is 0.147. The number of amides is 1. The van der Waals surface area contributed by atoms with Crippen molar-refractivity contribution in [2.75, 3.05) is 13.6 Å². The Balaban J connectivity index is 1.90. The van der Waals surface area contributed by atoms with Crippen molar-refractivity contribution in [3.8, 4) is 34.1 Å². The number of carbonyl (C=O) groups excluding carboxylic acids is 1. The number of ether oxygens (including phenoxy) is 4. The van der Waals surface area contributed by atoms with Gasteiger partial charge in [0.1, 0.15) is 5.69 Å². The van der Waals surface area contributed by atoms with Crippen LogP contribution in [0.5, 0.6) is 23.0 Å². The summed E-state index contributed by atoms with van der Waals surface area (Å²) in [6, 6.07) is 9.29. The molecule has 7 heteroatoms. The van der Waals surface area contributed by atoms with Crippen LogP contribution in [-0.4, -0.2) is 24.5 Å². The fourth-order valence-corrected chi connectivity index (χ4v) is 3.67. The third kappa shape index (κ3) is 2.28. The SMILES string of the molecule is CCc1c(C(N)=O)nc2ccc3c(c2c1-c1ccc2c(c1)OCO2)OCO3. The van der Waals surface area contributed by atoms with Crippen LogP contribution in [0.4, 0.5) is 0 Å². The first-order chi connectivity index (χ1) is 13.2. The number of carbonyl (C=O) groups is 1. The first kappa shape index (κ1) is 15.7. The van der Waals surface area contributed by atoms with Crippen LogP contribution in [0.2, 0.25) is 0 Å². The zero-order valence-electron chi connectivity index (χ0n) is 14.6.